The van der Waals surface area contributed by atoms with Crippen molar-refractivity contribution in [3.63, 3.8) is 0 Å². The molecule has 1 aliphatic carbocycles. The Kier molecular flexibility index (Phi) is 5.88. The van der Waals surface area contributed by atoms with Gasteiger partial charge < -0.3 is 19.7 Å². The van der Waals surface area contributed by atoms with E-state index in [1.165, 1.54) is 12.8 Å². The molecule has 0 aromatic carbocycles. The van der Waals surface area contributed by atoms with Crippen LogP contribution in [0.15, 0.2) is 10.2 Å². The molecule has 5 nitrogen and oxygen atoms in total. The number of carbonyl (C=O) groups is 1. The number of halogens is 1. The molecule has 0 aromatic rings. The van der Waals surface area contributed by atoms with Crippen LogP contribution in [0.25, 0.3) is 0 Å². The summed E-state index contributed by atoms with van der Waals surface area (Å²) >= 11 is 3.43. The zero-order chi connectivity index (χ0) is 17.3. The van der Waals surface area contributed by atoms with Gasteiger partial charge in [-0.2, -0.15) is 0 Å². The van der Waals surface area contributed by atoms with Crippen LogP contribution in [0.3, 0.4) is 0 Å². The molecule has 1 saturated heterocycles. The van der Waals surface area contributed by atoms with E-state index in [2.05, 4.69) is 46.9 Å². The van der Waals surface area contributed by atoms with Crippen molar-refractivity contribution in [2.45, 2.75) is 52.4 Å². The summed E-state index contributed by atoms with van der Waals surface area (Å²) in [7, 11) is 0. The van der Waals surface area contributed by atoms with E-state index in [0.29, 0.717) is 22.2 Å². The van der Waals surface area contributed by atoms with Crippen LogP contribution in [0, 0.1) is 17.8 Å². The maximum atomic E-state index is 12.1. The van der Waals surface area contributed by atoms with Gasteiger partial charge >= 0.3 is 5.97 Å². The molecule has 3 unspecified atom stereocenters. The first kappa shape index (κ1) is 18.2. The number of cyclic esters (lactones) is 1. The number of carbonyl (C=O) groups excluding carboxylic acids is 1. The Morgan fingerprint density at radius 3 is 2.67 bits per heavy atom. The van der Waals surface area contributed by atoms with Gasteiger partial charge in [-0.3, -0.25) is 0 Å². The van der Waals surface area contributed by atoms with Crippen LogP contribution in [0.4, 0.5) is 0 Å². The number of rotatable bonds is 4. The summed E-state index contributed by atoms with van der Waals surface area (Å²) in [6.45, 7) is 10.4. The molecule has 0 spiro atoms. The maximum absolute atomic E-state index is 12.1. The molecule has 136 valence electrons. The van der Waals surface area contributed by atoms with Crippen molar-refractivity contribution in [3.8, 4) is 0 Å². The average molecular weight is 401 g/mol. The third-order valence-corrected chi connectivity index (χ3v) is 6.29. The molecule has 24 heavy (non-hydrogen) atoms. The van der Waals surface area contributed by atoms with Crippen molar-refractivity contribution < 1.29 is 14.3 Å². The third kappa shape index (κ3) is 3.81. The van der Waals surface area contributed by atoms with Crippen LogP contribution in [-0.4, -0.2) is 49.4 Å². The van der Waals surface area contributed by atoms with Crippen LogP contribution in [0.5, 0.6) is 0 Å². The molecule has 1 N–H and O–H groups in total. The van der Waals surface area contributed by atoms with E-state index < -0.39 is 6.29 Å². The van der Waals surface area contributed by atoms with Crippen LogP contribution in [0.2, 0.25) is 0 Å². The van der Waals surface area contributed by atoms with Gasteiger partial charge in [0, 0.05) is 26.2 Å². The second kappa shape index (κ2) is 7.75. The highest BCUT2D eigenvalue weighted by atomic mass is 79.9. The van der Waals surface area contributed by atoms with E-state index in [-0.39, 0.29) is 12.1 Å². The Morgan fingerprint density at radius 1 is 1.29 bits per heavy atom. The highest BCUT2D eigenvalue weighted by molar-refractivity contribution is 9.12. The third-order valence-electron chi connectivity index (χ3n) is 5.56. The van der Waals surface area contributed by atoms with E-state index in [4.69, 9.17) is 9.47 Å². The van der Waals surface area contributed by atoms with Gasteiger partial charge in [0.25, 0.3) is 0 Å². The van der Waals surface area contributed by atoms with Crippen molar-refractivity contribution in [1.29, 1.82) is 0 Å². The van der Waals surface area contributed by atoms with Crippen molar-refractivity contribution in [1.82, 2.24) is 10.2 Å². The normalized spacial score (nSPS) is 34.9. The monoisotopic (exact) mass is 400 g/mol. The molecule has 3 rings (SSSR count). The minimum Gasteiger partial charge on any atom is -0.426 e. The largest absolute Gasteiger partial charge is 0.426 e. The van der Waals surface area contributed by atoms with E-state index in [1.807, 2.05) is 0 Å². The average Bonchev–Trinajstić information content (AvgIpc) is 2.82. The summed E-state index contributed by atoms with van der Waals surface area (Å²) in [5, 5.41) is 3.34. The minimum absolute atomic E-state index is 0.155. The Labute approximate surface area is 153 Å². The fourth-order valence-electron chi connectivity index (χ4n) is 4.13. The van der Waals surface area contributed by atoms with Crippen LogP contribution in [-0.2, 0) is 14.3 Å². The van der Waals surface area contributed by atoms with Gasteiger partial charge in [-0.15, -0.1) is 0 Å². The predicted octanol–water partition coefficient (Wildman–Crippen LogP) is 2.86. The first-order chi connectivity index (χ1) is 11.5. The Hall–Kier alpha value is -0.590. The second-order valence-corrected chi connectivity index (χ2v) is 8.47. The molecule has 0 aromatic heterocycles. The van der Waals surface area contributed by atoms with Crippen molar-refractivity contribution >= 4 is 21.9 Å². The predicted molar refractivity (Wildman–Crippen MR) is 96.5 cm³/mol. The van der Waals surface area contributed by atoms with Crippen LogP contribution >= 0.6 is 15.9 Å². The topological polar surface area (TPSA) is 50.8 Å². The lowest BCUT2D eigenvalue weighted by Gasteiger charge is -2.39. The lowest BCUT2D eigenvalue weighted by molar-refractivity contribution is -0.185. The zero-order valence-corrected chi connectivity index (χ0v) is 16.5. The maximum Gasteiger partial charge on any atom is 0.349 e. The second-order valence-electron chi connectivity index (χ2n) is 7.67. The Bertz CT molecular complexity index is 502. The van der Waals surface area contributed by atoms with Crippen molar-refractivity contribution in [3.05, 3.63) is 10.2 Å². The quantitative estimate of drug-likeness (QED) is 0.735. The summed E-state index contributed by atoms with van der Waals surface area (Å²) in [5.74, 6) is 1.47. The van der Waals surface area contributed by atoms with Gasteiger partial charge in [0.1, 0.15) is 10.2 Å². The number of esters is 1. The van der Waals surface area contributed by atoms with E-state index in [9.17, 15) is 4.79 Å². The number of ether oxygens (including phenoxy) is 2. The minimum atomic E-state index is -0.568. The molecular formula is C18H29BrN2O3. The van der Waals surface area contributed by atoms with E-state index >= 15 is 0 Å². The SMILES string of the molecule is CC1CCC(C(C)C)C(O[C@H]2OC(=O)C(Br)=C2N2CCNCC2)C1. The van der Waals surface area contributed by atoms with Crippen LogP contribution in [0.1, 0.15) is 40.0 Å². The molecule has 0 amide bonds. The number of nitrogens with zero attached hydrogens (tertiary/aromatic N) is 1. The van der Waals surface area contributed by atoms with Gasteiger partial charge in [0.15, 0.2) is 0 Å². The number of piperazine rings is 1. The molecule has 3 aliphatic rings. The van der Waals surface area contributed by atoms with Gasteiger partial charge in [0.2, 0.25) is 6.29 Å². The standard InChI is InChI=1S/C18H29BrN2O3/c1-11(2)13-5-4-12(3)10-14(13)23-18-16(15(19)17(22)24-18)21-8-6-20-7-9-21/h11-14,18,20H,4-10H2,1-3H3/t12?,13?,14?,18-/m0/s1. The van der Waals surface area contributed by atoms with Crippen molar-refractivity contribution in [2.24, 2.45) is 17.8 Å². The molecule has 2 fully saturated rings. The van der Waals surface area contributed by atoms with Crippen molar-refractivity contribution in [2.75, 3.05) is 26.2 Å². The molecule has 6 heteroatoms. The van der Waals surface area contributed by atoms with Gasteiger partial charge in [-0.05, 0) is 46.5 Å². The van der Waals surface area contributed by atoms with E-state index in [1.54, 1.807) is 0 Å². The van der Waals surface area contributed by atoms with Gasteiger partial charge in [-0.25, -0.2) is 4.79 Å². The summed E-state index contributed by atoms with van der Waals surface area (Å²) in [5.41, 5.74) is 0.877. The highest BCUT2D eigenvalue weighted by Crippen LogP contribution is 2.39. The molecule has 4 atom stereocenters. The molecule has 2 aliphatic heterocycles. The fourth-order valence-corrected chi connectivity index (χ4v) is 4.66. The molecule has 0 radical (unpaired) electrons. The van der Waals surface area contributed by atoms with Crippen LogP contribution < -0.4 is 5.32 Å². The smallest absolute Gasteiger partial charge is 0.349 e. The van der Waals surface area contributed by atoms with E-state index in [0.717, 1.165) is 38.3 Å². The summed E-state index contributed by atoms with van der Waals surface area (Å²) in [6, 6.07) is 0. The lowest BCUT2D eigenvalue weighted by atomic mass is 9.75. The molecule has 0 bridgehead atoms. The summed E-state index contributed by atoms with van der Waals surface area (Å²) < 4.78 is 12.5. The Balaban J connectivity index is 1.75. The first-order valence-corrected chi connectivity index (χ1v) is 9.98. The van der Waals surface area contributed by atoms with Gasteiger partial charge in [0.05, 0.1) is 6.10 Å². The molecular weight excluding hydrogens is 372 g/mol. The number of hydrogen-bond donors (Lipinski definition) is 1. The first-order valence-electron chi connectivity index (χ1n) is 9.19. The highest BCUT2D eigenvalue weighted by Gasteiger charge is 2.41. The zero-order valence-electron chi connectivity index (χ0n) is 14.9. The number of hydrogen-bond acceptors (Lipinski definition) is 5. The molecule has 2 heterocycles. The lowest BCUT2D eigenvalue weighted by Crippen LogP contribution is -2.46. The Morgan fingerprint density at radius 2 is 2.00 bits per heavy atom. The molecule has 1 saturated carbocycles. The van der Waals surface area contributed by atoms with Gasteiger partial charge in [-0.1, -0.05) is 27.2 Å². The summed E-state index contributed by atoms with van der Waals surface area (Å²) in [6.07, 6.45) is 3.09. The summed E-state index contributed by atoms with van der Waals surface area (Å²) in [4.78, 5) is 14.3. The number of nitrogens with one attached hydrogen (secondary N) is 1. The fraction of sp³-hybridized carbons (Fsp3) is 0.833.